The van der Waals surface area contributed by atoms with E-state index in [0.29, 0.717) is 5.69 Å². The average Bonchev–Trinajstić information content (AvgIpc) is 2.02. The molecular weight excluding hydrogens is 164 g/mol. The number of nitrogen functional groups attached to an aromatic ring is 1. The van der Waals surface area contributed by atoms with Crippen LogP contribution in [0.25, 0.3) is 10.9 Å². The molecule has 0 spiro atoms. The summed E-state index contributed by atoms with van der Waals surface area (Å²) in [7, 11) is 0. The Morgan fingerprint density at radius 1 is 1.31 bits per heavy atom. The average molecular weight is 174 g/mol. The quantitative estimate of drug-likeness (QED) is 0.640. The molecule has 1 aromatic heterocycles. The fourth-order valence-corrected chi connectivity index (χ4v) is 1.43. The van der Waals surface area contributed by atoms with Crippen LogP contribution in [0.4, 0.5) is 5.69 Å². The number of hydrogen-bond donors (Lipinski definition) is 2. The molecule has 0 amide bonds. The first kappa shape index (κ1) is 7.86. The summed E-state index contributed by atoms with van der Waals surface area (Å²) in [6.45, 7) is 1.91. The van der Waals surface area contributed by atoms with E-state index in [9.17, 15) is 5.11 Å². The molecular formula is C10H10N2O. The van der Waals surface area contributed by atoms with E-state index in [4.69, 9.17) is 5.73 Å². The summed E-state index contributed by atoms with van der Waals surface area (Å²) >= 11 is 0. The number of hydrogen-bond acceptors (Lipinski definition) is 3. The zero-order chi connectivity index (χ0) is 9.42. The van der Waals surface area contributed by atoms with E-state index in [1.165, 1.54) is 0 Å². The maximum Gasteiger partial charge on any atom is 0.116 e. The number of benzene rings is 1. The highest BCUT2D eigenvalue weighted by Crippen LogP contribution is 2.23. The van der Waals surface area contributed by atoms with E-state index in [-0.39, 0.29) is 5.75 Å². The van der Waals surface area contributed by atoms with Gasteiger partial charge in [-0.15, -0.1) is 0 Å². The van der Waals surface area contributed by atoms with Crippen LogP contribution in [0.5, 0.6) is 5.75 Å². The fourth-order valence-electron chi connectivity index (χ4n) is 1.43. The van der Waals surface area contributed by atoms with Crippen molar-refractivity contribution in [3.05, 3.63) is 30.0 Å². The van der Waals surface area contributed by atoms with E-state index < -0.39 is 0 Å². The van der Waals surface area contributed by atoms with Gasteiger partial charge in [-0.3, -0.25) is 4.98 Å². The van der Waals surface area contributed by atoms with Gasteiger partial charge in [0.1, 0.15) is 5.75 Å². The van der Waals surface area contributed by atoms with Gasteiger partial charge in [0, 0.05) is 5.39 Å². The van der Waals surface area contributed by atoms with Crippen LogP contribution < -0.4 is 5.73 Å². The Morgan fingerprint density at radius 3 is 2.85 bits per heavy atom. The lowest BCUT2D eigenvalue weighted by Crippen LogP contribution is -1.88. The smallest absolute Gasteiger partial charge is 0.116 e. The molecule has 0 atom stereocenters. The second kappa shape index (κ2) is 2.62. The van der Waals surface area contributed by atoms with Gasteiger partial charge in [0.05, 0.1) is 17.4 Å². The Morgan fingerprint density at radius 2 is 2.08 bits per heavy atom. The minimum Gasteiger partial charge on any atom is -0.508 e. The molecule has 3 N–H and O–H groups in total. The van der Waals surface area contributed by atoms with E-state index in [2.05, 4.69) is 4.98 Å². The number of phenols is 1. The van der Waals surface area contributed by atoms with Gasteiger partial charge in [0.15, 0.2) is 0 Å². The Balaban J connectivity index is 2.86. The van der Waals surface area contributed by atoms with Gasteiger partial charge in [-0.05, 0) is 30.7 Å². The lowest BCUT2D eigenvalue weighted by Gasteiger charge is -2.02. The Bertz CT molecular complexity index is 460. The van der Waals surface area contributed by atoms with Crippen LogP contribution in [0.2, 0.25) is 0 Å². The van der Waals surface area contributed by atoms with Crippen molar-refractivity contribution in [1.29, 1.82) is 0 Å². The molecule has 0 radical (unpaired) electrons. The van der Waals surface area contributed by atoms with Gasteiger partial charge >= 0.3 is 0 Å². The van der Waals surface area contributed by atoms with Crippen molar-refractivity contribution in [3.63, 3.8) is 0 Å². The van der Waals surface area contributed by atoms with Gasteiger partial charge < -0.3 is 10.8 Å². The first-order valence-corrected chi connectivity index (χ1v) is 4.01. The molecule has 1 heterocycles. The normalized spacial score (nSPS) is 10.5. The number of aromatic hydroxyl groups is 1. The number of aromatic nitrogens is 1. The molecule has 2 aromatic rings. The second-order valence-corrected chi connectivity index (χ2v) is 3.10. The van der Waals surface area contributed by atoms with Crippen molar-refractivity contribution >= 4 is 16.6 Å². The zero-order valence-electron chi connectivity index (χ0n) is 7.28. The van der Waals surface area contributed by atoms with Crippen LogP contribution in [0.15, 0.2) is 24.4 Å². The van der Waals surface area contributed by atoms with Crippen LogP contribution in [0.1, 0.15) is 5.56 Å². The number of anilines is 1. The van der Waals surface area contributed by atoms with Crippen molar-refractivity contribution < 1.29 is 5.11 Å². The first-order valence-electron chi connectivity index (χ1n) is 4.01. The predicted octanol–water partition coefficient (Wildman–Crippen LogP) is 1.83. The number of nitrogens with zero attached hydrogens (tertiary/aromatic N) is 1. The number of aryl methyl sites for hydroxylation is 1. The summed E-state index contributed by atoms with van der Waals surface area (Å²) in [5.74, 6) is 0.248. The fraction of sp³-hybridized carbons (Fsp3) is 0.100. The maximum absolute atomic E-state index is 9.33. The molecule has 0 bridgehead atoms. The highest BCUT2D eigenvalue weighted by Gasteiger charge is 2.01. The number of fused-ring (bicyclic) bond motifs is 1. The molecule has 3 nitrogen and oxygen atoms in total. The molecule has 0 fully saturated rings. The topological polar surface area (TPSA) is 59.1 Å². The molecule has 0 saturated carbocycles. The Hall–Kier alpha value is -1.77. The van der Waals surface area contributed by atoms with E-state index in [1.807, 2.05) is 6.92 Å². The molecule has 1 aromatic carbocycles. The van der Waals surface area contributed by atoms with Gasteiger partial charge in [-0.2, -0.15) is 0 Å². The molecule has 0 unspecified atom stereocenters. The van der Waals surface area contributed by atoms with Crippen LogP contribution in [0, 0.1) is 6.92 Å². The molecule has 3 heteroatoms. The minimum atomic E-state index is 0.248. The third kappa shape index (κ3) is 1.28. The van der Waals surface area contributed by atoms with Gasteiger partial charge in [-0.1, -0.05) is 0 Å². The highest BCUT2D eigenvalue weighted by atomic mass is 16.3. The molecule has 0 aliphatic rings. The minimum absolute atomic E-state index is 0.248. The number of rotatable bonds is 0. The summed E-state index contributed by atoms with van der Waals surface area (Å²) in [5.41, 5.74) is 8.02. The van der Waals surface area contributed by atoms with E-state index >= 15 is 0 Å². The lowest BCUT2D eigenvalue weighted by atomic mass is 10.1. The van der Waals surface area contributed by atoms with E-state index in [1.54, 1.807) is 24.4 Å². The Kier molecular flexibility index (Phi) is 1.59. The third-order valence-corrected chi connectivity index (χ3v) is 1.98. The number of pyridine rings is 1. The SMILES string of the molecule is Cc1cc(O)cc2cc(N)cnc12. The lowest BCUT2D eigenvalue weighted by molar-refractivity contribution is 0.476. The van der Waals surface area contributed by atoms with Crippen molar-refractivity contribution in [2.24, 2.45) is 0 Å². The van der Waals surface area contributed by atoms with Crippen molar-refractivity contribution in [2.75, 3.05) is 5.73 Å². The predicted molar refractivity (Wildman–Crippen MR) is 52.6 cm³/mol. The standard InChI is InChI=1S/C10H10N2O/c1-6-2-9(13)4-7-3-8(11)5-12-10(6)7/h2-5,13H,11H2,1H3. The van der Waals surface area contributed by atoms with Gasteiger partial charge in [0.2, 0.25) is 0 Å². The summed E-state index contributed by atoms with van der Waals surface area (Å²) in [5, 5.41) is 10.2. The molecule has 0 aliphatic heterocycles. The summed E-state index contributed by atoms with van der Waals surface area (Å²) in [4.78, 5) is 4.19. The largest absolute Gasteiger partial charge is 0.508 e. The Labute approximate surface area is 75.8 Å². The maximum atomic E-state index is 9.33. The third-order valence-electron chi connectivity index (χ3n) is 1.98. The van der Waals surface area contributed by atoms with Crippen LogP contribution >= 0.6 is 0 Å². The summed E-state index contributed by atoms with van der Waals surface area (Å²) in [6, 6.07) is 5.15. The number of phenolic OH excluding ortho intramolecular Hbond substituents is 1. The zero-order valence-corrected chi connectivity index (χ0v) is 7.28. The summed E-state index contributed by atoms with van der Waals surface area (Å²) in [6.07, 6.45) is 1.62. The van der Waals surface area contributed by atoms with Crippen molar-refractivity contribution in [2.45, 2.75) is 6.92 Å². The molecule has 0 saturated heterocycles. The first-order chi connectivity index (χ1) is 6.16. The van der Waals surface area contributed by atoms with E-state index in [0.717, 1.165) is 16.5 Å². The van der Waals surface area contributed by atoms with Crippen molar-refractivity contribution in [1.82, 2.24) is 4.98 Å². The van der Waals surface area contributed by atoms with Crippen molar-refractivity contribution in [3.8, 4) is 5.75 Å². The van der Waals surface area contributed by atoms with Crippen LogP contribution in [0.3, 0.4) is 0 Å². The van der Waals surface area contributed by atoms with Crippen LogP contribution in [-0.2, 0) is 0 Å². The second-order valence-electron chi connectivity index (χ2n) is 3.10. The molecule has 66 valence electrons. The van der Waals surface area contributed by atoms with Gasteiger partial charge in [0.25, 0.3) is 0 Å². The highest BCUT2D eigenvalue weighted by molar-refractivity contribution is 5.85. The molecule has 13 heavy (non-hydrogen) atoms. The monoisotopic (exact) mass is 174 g/mol. The summed E-state index contributed by atoms with van der Waals surface area (Å²) < 4.78 is 0. The van der Waals surface area contributed by atoms with Gasteiger partial charge in [-0.25, -0.2) is 0 Å². The number of nitrogens with two attached hydrogens (primary N) is 1. The molecule has 0 aliphatic carbocycles. The molecule has 2 rings (SSSR count). The van der Waals surface area contributed by atoms with Crippen LogP contribution in [-0.4, -0.2) is 10.1 Å².